The van der Waals surface area contributed by atoms with Gasteiger partial charge in [-0.25, -0.2) is 0 Å². The largest absolute Gasteiger partial charge is 0.466 e. The van der Waals surface area contributed by atoms with Crippen molar-refractivity contribution in [1.82, 2.24) is 5.32 Å². The van der Waals surface area contributed by atoms with Crippen molar-refractivity contribution in [2.45, 2.75) is 276 Å². The first-order chi connectivity index (χ1) is 29.0. The van der Waals surface area contributed by atoms with Crippen molar-refractivity contribution >= 4 is 11.9 Å². The number of aliphatic hydroxyl groups is 2. The van der Waals surface area contributed by atoms with Gasteiger partial charge in [-0.3, -0.25) is 9.59 Å². The third kappa shape index (κ3) is 45.4. The molecule has 0 aromatic rings. The maximum Gasteiger partial charge on any atom is 0.305 e. The fourth-order valence-corrected chi connectivity index (χ4v) is 7.65. The number of amides is 1. The lowest BCUT2D eigenvalue weighted by Crippen LogP contribution is -2.45. The number of hydrogen-bond acceptors (Lipinski definition) is 5. The van der Waals surface area contributed by atoms with Gasteiger partial charge in [0, 0.05) is 12.8 Å². The van der Waals surface area contributed by atoms with E-state index in [1.165, 1.54) is 148 Å². The Morgan fingerprint density at radius 1 is 0.475 bits per heavy atom. The summed E-state index contributed by atoms with van der Waals surface area (Å²) in [6, 6.07) is -0.553. The van der Waals surface area contributed by atoms with Crippen molar-refractivity contribution in [3.05, 3.63) is 36.5 Å². The Morgan fingerprint density at radius 2 is 0.864 bits per heavy atom. The minimum Gasteiger partial charge on any atom is -0.466 e. The SMILES string of the molecule is CCCC/C=C\C/C=C\CCCCCCCC(=O)OCCCCCC/C=C\CCCCCCCCCC(=O)NC(CO)C(O)CCCCCCCCCCCCCCC. The van der Waals surface area contributed by atoms with Crippen LogP contribution in [0.15, 0.2) is 36.5 Å². The number of carbonyl (C=O) groups excluding carboxylic acids is 2. The highest BCUT2D eigenvalue weighted by Crippen LogP contribution is 2.16. The van der Waals surface area contributed by atoms with Gasteiger partial charge in [-0.1, -0.05) is 211 Å². The Balaban J connectivity index is 3.49. The number of hydrogen-bond donors (Lipinski definition) is 3. The third-order valence-corrected chi connectivity index (χ3v) is 11.7. The maximum atomic E-state index is 12.4. The van der Waals surface area contributed by atoms with Gasteiger partial charge in [0.25, 0.3) is 0 Å². The van der Waals surface area contributed by atoms with Crippen LogP contribution in [-0.2, 0) is 14.3 Å². The van der Waals surface area contributed by atoms with E-state index in [0.29, 0.717) is 25.9 Å². The smallest absolute Gasteiger partial charge is 0.305 e. The lowest BCUT2D eigenvalue weighted by atomic mass is 10.0. The van der Waals surface area contributed by atoms with Gasteiger partial charge in [-0.15, -0.1) is 0 Å². The summed E-state index contributed by atoms with van der Waals surface area (Å²) in [6.45, 7) is 4.86. The summed E-state index contributed by atoms with van der Waals surface area (Å²) in [5.74, 6) is -0.0770. The van der Waals surface area contributed by atoms with E-state index in [2.05, 4.69) is 55.6 Å². The minimum absolute atomic E-state index is 0.0252. The average molecular weight is 830 g/mol. The van der Waals surface area contributed by atoms with Crippen molar-refractivity contribution in [2.75, 3.05) is 13.2 Å². The third-order valence-electron chi connectivity index (χ3n) is 11.7. The zero-order chi connectivity index (χ0) is 43.0. The molecule has 0 aliphatic heterocycles. The van der Waals surface area contributed by atoms with Gasteiger partial charge < -0.3 is 20.3 Å². The summed E-state index contributed by atoms with van der Waals surface area (Å²) < 4.78 is 5.44. The Bertz CT molecular complexity index is 962. The van der Waals surface area contributed by atoms with Gasteiger partial charge in [0.15, 0.2) is 0 Å². The van der Waals surface area contributed by atoms with Crippen LogP contribution < -0.4 is 5.32 Å². The van der Waals surface area contributed by atoms with Crippen molar-refractivity contribution in [1.29, 1.82) is 0 Å². The lowest BCUT2D eigenvalue weighted by Gasteiger charge is -2.22. The predicted octanol–water partition coefficient (Wildman–Crippen LogP) is 15.3. The molecular formula is C53H99NO5. The second-order valence-electron chi connectivity index (χ2n) is 17.5. The fourth-order valence-electron chi connectivity index (χ4n) is 7.65. The minimum atomic E-state index is -0.674. The molecule has 0 heterocycles. The Kier molecular flexibility index (Phi) is 47.2. The van der Waals surface area contributed by atoms with E-state index in [-0.39, 0.29) is 18.5 Å². The summed E-state index contributed by atoms with van der Waals surface area (Å²) >= 11 is 0. The molecule has 0 rings (SSSR count). The summed E-state index contributed by atoms with van der Waals surface area (Å²) in [5.41, 5.74) is 0. The summed E-state index contributed by atoms with van der Waals surface area (Å²) in [5, 5.41) is 23.2. The number of unbranched alkanes of at least 4 members (excludes halogenated alkanes) is 30. The molecule has 0 saturated carbocycles. The molecule has 0 aromatic carbocycles. The molecule has 0 spiro atoms. The number of esters is 1. The number of nitrogens with one attached hydrogen (secondary N) is 1. The monoisotopic (exact) mass is 830 g/mol. The van der Waals surface area contributed by atoms with Crippen LogP contribution in [0.5, 0.6) is 0 Å². The first kappa shape index (κ1) is 57.1. The van der Waals surface area contributed by atoms with Crippen LogP contribution in [-0.4, -0.2) is 47.4 Å². The average Bonchev–Trinajstić information content (AvgIpc) is 3.24. The van der Waals surface area contributed by atoms with E-state index < -0.39 is 12.1 Å². The van der Waals surface area contributed by atoms with E-state index in [9.17, 15) is 19.8 Å². The van der Waals surface area contributed by atoms with Gasteiger partial charge in [-0.05, 0) is 77.0 Å². The maximum absolute atomic E-state index is 12.4. The van der Waals surface area contributed by atoms with E-state index in [0.717, 1.165) is 83.5 Å². The molecular weight excluding hydrogens is 731 g/mol. The van der Waals surface area contributed by atoms with Crippen LogP contribution in [0.2, 0.25) is 0 Å². The Morgan fingerprint density at radius 3 is 1.36 bits per heavy atom. The van der Waals surface area contributed by atoms with Gasteiger partial charge in [0.2, 0.25) is 5.91 Å². The molecule has 0 fully saturated rings. The number of allylic oxidation sites excluding steroid dienone is 6. The van der Waals surface area contributed by atoms with Crippen molar-refractivity contribution in [3.8, 4) is 0 Å². The highest BCUT2D eigenvalue weighted by molar-refractivity contribution is 5.76. The molecule has 0 aliphatic carbocycles. The van der Waals surface area contributed by atoms with E-state index >= 15 is 0 Å². The molecule has 1 amide bonds. The van der Waals surface area contributed by atoms with Crippen LogP contribution in [0.3, 0.4) is 0 Å². The number of ether oxygens (including phenoxy) is 1. The number of carbonyl (C=O) groups is 2. The molecule has 0 aromatic heterocycles. The molecule has 0 saturated heterocycles. The van der Waals surface area contributed by atoms with Crippen molar-refractivity contribution < 1.29 is 24.5 Å². The number of rotatable bonds is 47. The van der Waals surface area contributed by atoms with Gasteiger partial charge in [0.05, 0.1) is 25.4 Å². The normalized spacial score (nSPS) is 12.9. The van der Waals surface area contributed by atoms with Crippen LogP contribution in [0.1, 0.15) is 264 Å². The van der Waals surface area contributed by atoms with Crippen LogP contribution in [0.25, 0.3) is 0 Å². The standard InChI is InChI=1S/C53H99NO5/c1-3-5-7-9-11-13-15-17-23-27-31-35-39-43-47-53(58)59-48-44-40-36-32-28-24-20-18-19-22-26-30-34-38-42-46-52(57)54-50(49-55)51(56)45-41-37-33-29-25-21-16-14-12-10-8-6-4-2/h9,11,15,17,20,24,50-51,55-56H,3-8,10,12-14,16,18-19,21-23,25-49H2,1-2H3,(H,54,57)/b11-9-,17-15-,24-20-. The summed E-state index contributed by atoms with van der Waals surface area (Å²) in [4.78, 5) is 24.4. The molecule has 59 heavy (non-hydrogen) atoms. The van der Waals surface area contributed by atoms with Gasteiger partial charge >= 0.3 is 5.97 Å². The topological polar surface area (TPSA) is 95.9 Å². The van der Waals surface area contributed by atoms with Crippen LogP contribution >= 0.6 is 0 Å². The molecule has 6 heteroatoms. The van der Waals surface area contributed by atoms with Gasteiger partial charge in [0.1, 0.15) is 0 Å². The van der Waals surface area contributed by atoms with E-state index in [1.54, 1.807) is 0 Å². The second kappa shape index (κ2) is 48.7. The summed E-state index contributed by atoms with van der Waals surface area (Å²) in [7, 11) is 0. The zero-order valence-electron chi connectivity index (χ0n) is 39.2. The molecule has 346 valence electrons. The first-order valence-corrected chi connectivity index (χ1v) is 25.7. The highest BCUT2D eigenvalue weighted by Gasteiger charge is 2.20. The van der Waals surface area contributed by atoms with Crippen LogP contribution in [0.4, 0.5) is 0 Å². The molecule has 0 bridgehead atoms. The van der Waals surface area contributed by atoms with E-state index in [1.807, 2.05) is 0 Å². The molecule has 6 nitrogen and oxygen atoms in total. The zero-order valence-corrected chi connectivity index (χ0v) is 39.2. The predicted molar refractivity (Wildman–Crippen MR) is 255 cm³/mol. The second-order valence-corrected chi connectivity index (χ2v) is 17.5. The fraction of sp³-hybridized carbons (Fsp3) is 0.849. The molecule has 0 radical (unpaired) electrons. The molecule has 3 N–H and O–H groups in total. The highest BCUT2D eigenvalue weighted by atomic mass is 16.5. The molecule has 2 atom stereocenters. The Hall–Kier alpha value is -1.92. The Labute approximate surface area is 366 Å². The number of aliphatic hydroxyl groups excluding tert-OH is 2. The van der Waals surface area contributed by atoms with Crippen molar-refractivity contribution in [2.24, 2.45) is 0 Å². The van der Waals surface area contributed by atoms with Gasteiger partial charge in [-0.2, -0.15) is 0 Å². The molecule has 0 aliphatic rings. The lowest BCUT2D eigenvalue weighted by molar-refractivity contribution is -0.143. The van der Waals surface area contributed by atoms with E-state index in [4.69, 9.17) is 4.74 Å². The quantitative estimate of drug-likeness (QED) is 0.0323. The first-order valence-electron chi connectivity index (χ1n) is 25.7. The van der Waals surface area contributed by atoms with Crippen LogP contribution in [0, 0.1) is 0 Å². The summed E-state index contributed by atoms with van der Waals surface area (Å²) in [6.07, 6.45) is 58.2. The van der Waals surface area contributed by atoms with Crippen molar-refractivity contribution in [3.63, 3.8) is 0 Å². The molecule has 2 unspecified atom stereocenters.